The van der Waals surface area contributed by atoms with Gasteiger partial charge in [0.1, 0.15) is 6.61 Å². The summed E-state index contributed by atoms with van der Waals surface area (Å²) in [5, 5.41) is 27.7. The standard InChI is InChI=1S/C12H16O3.C9H12O3.C3H5Br.3K.H/c1-3-8-15-12-9-10(6-7-13)4-5-11(12)14-2;1-12-9-3-2-7(4-5-10)6-8(9)11;1-2-3-4;;;;/h3-5,9,13H,1,6-8H2,2H3;2-3,6,10-11H,4-5H2,1H3;2H,1,3H2;;;;/q;;;;;+1;-1. The molecule has 0 bridgehead atoms. The van der Waals surface area contributed by atoms with E-state index < -0.39 is 0 Å². The van der Waals surface area contributed by atoms with E-state index in [0.29, 0.717) is 36.7 Å². The zero-order chi connectivity index (χ0) is 25.5. The average molecular weight is 616 g/mol. The summed E-state index contributed by atoms with van der Waals surface area (Å²) in [6.07, 6.45) is 4.64. The molecule has 0 spiro atoms. The van der Waals surface area contributed by atoms with Gasteiger partial charge < -0.3 is 31.0 Å². The van der Waals surface area contributed by atoms with Crippen molar-refractivity contribution < 1.29 is 82.3 Å². The Morgan fingerprint density at radius 3 is 1.74 bits per heavy atom. The maximum absolute atomic E-state index is 9.31. The molecule has 0 fully saturated rings. The van der Waals surface area contributed by atoms with E-state index in [2.05, 4.69) is 29.1 Å². The van der Waals surface area contributed by atoms with Crippen LogP contribution in [0.4, 0.5) is 0 Å². The third kappa shape index (κ3) is 20.4. The zero-order valence-electron chi connectivity index (χ0n) is 22.2. The van der Waals surface area contributed by atoms with E-state index in [-0.39, 0.29) is 71.8 Å². The van der Waals surface area contributed by atoms with Crippen LogP contribution in [-0.2, 0) is 12.8 Å². The number of ether oxygens (including phenoxy) is 3. The first kappa shape index (κ1) is 40.9. The van der Waals surface area contributed by atoms with Gasteiger partial charge in [-0.25, -0.2) is 0 Å². The van der Waals surface area contributed by atoms with Crippen LogP contribution in [-0.4, -0.2) is 118 Å². The molecule has 0 aliphatic rings. The number of aliphatic hydroxyl groups excluding tert-OH is 2. The van der Waals surface area contributed by atoms with Gasteiger partial charge in [-0.2, -0.15) is 0 Å². The van der Waals surface area contributed by atoms with Crippen LogP contribution in [0.2, 0.25) is 0 Å². The van der Waals surface area contributed by atoms with Crippen LogP contribution in [0.3, 0.4) is 0 Å². The summed E-state index contributed by atoms with van der Waals surface area (Å²) in [6.45, 7) is 7.68. The molecule has 6 nitrogen and oxygen atoms in total. The molecule has 2 aromatic rings. The quantitative estimate of drug-likeness (QED) is 0.207. The van der Waals surface area contributed by atoms with Crippen molar-refractivity contribution in [3.8, 4) is 23.0 Å². The van der Waals surface area contributed by atoms with E-state index in [4.69, 9.17) is 24.4 Å². The van der Waals surface area contributed by atoms with Crippen LogP contribution in [0, 0.1) is 0 Å². The molecule has 0 atom stereocenters. The predicted molar refractivity (Wildman–Crippen MR) is 142 cm³/mol. The minimum absolute atomic E-state index is 0. The monoisotopic (exact) mass is 614 g/mol. The van der Waals surface area contributed by atoms with Crippen molar-refractivity contribution in [2.75, 3.05) is 39.4 Å². The predicted octanol–water partition coefficient (Wildman–Crippen LogP) is 0.653. The van der Waals surface area contributed by atoms with E-state index in [1.807, 2.05) is 24.3 Å². The number of allylic oxidation sites excluding steroid dienone is 1. The van der Waals surface area contributed by atoms with Crippen LogP contribution in [0.5, 0.6) is 23.0 Å². The Bertz CT molecular complexity index is 785. The van der Waals surface area contributed by atoms with Crippen molar-refractivity contribution in [1.82, 2.24) is 0 Å². The van der Waals surface area contributed by atoms with Gasteiger partial charge in [-0.1, -0.05) is 46.8 Å². The third-order valence-corrected chi connectivity index (χ3v) is 4.20. The number of methoxy groups -OCH3 is 2. The molecule has 0 aromatic heterocycles. The third-order valence-electron chi connectivity index (χ3n) is 3.74. The molecule has 10 heteroatoms. The van der Waals surface area contributed by atoms with E-state index in [9.17, 15) is 5.11 Å². The maximum atomic E-state index is 9.31. The van der Waals surface area contributed by atoms with Crippen LogP contribution < -0.4 is 65.6 Å². The van der Waals surface area contributed by atoms with Gasteiger partial charge in [-0.3, -0.25) is 0 Å². The van der Waals surface area contributed by atoms with Gasteiger partial charge >= 0.3 is 115 Å². The number of aromatic hydroxyl groups is 1. The fraction of sp³-hybridized carbons (Fsp3) is 0.333. The Balaban J connectivity index is -0.000000217. The van der Waals surface area contributed by atoms with Crippen molar-refractivity contribution in [3.63, 3.8) is 0 Å². The average Bonchev–Trinajstić information content (AvgIpc) is 2.85. The second-order valence-corrected chi connectivity index (χ2v) is 6.63. The minimum atomic E-state index is 0. The molecular formula is C24H34BrK3O6. The molecule has 176 valence electrons. The Kier molecular flexibility index (Phi) is 36.1. The first-order valence-corrected chi connectivity index (χ1v) is 27.8. The molecule has 0 aliphatic heterocycles. The number of benzene rings is 2. The van der Waals surface area contributed by atoms with Gasteiger partial charge in [0.15, 0.2) is 23.0 Å². The molecule has 3 N–H and O–H groups in total. The summed E-state index contributed by atoms with van der Waals surface area (Å²) in [5.74, 6) is 1.95. The molecule has 0 unspecified atom stereocenters. The van der Waals surface area contributed by atoms with Gasteiger partial charge in [0.2, 0.25) is 0 Å². The number of halogens is 1. The molecule has 0 heterocycles. The van der Waals surface area contributed by atoms with Crippen LogP contribution in [0.1, 0.15) is 12.6 Å². The van der Waals surface area contributed by atoms with Gasteiger partial charge in [0, 0.05) is 18.5 Å². The molecule has 0 saturated carbocycles. The summed E-state index contributed by atoms with van der Waals surface area (Å²) in [6, 6.07) is 10.7. The number of hydrogen-bond donors (Lipinski definition) is 3. The Morgan fingerprint density at radius 1 is 0.882 bits per heavy atom. The summed E-state index contributed by atoms with van der Waals surface area (Å²) >= 11 is 5.63. The normalized spacial score (nSPS) is 8.74. The molecule has 34 heavy (non-hydrogen) atoms. The summed E-state index contributed by atoms with van der Waals surface area (Å²) in [5.41, 5.74) is 1.92. The number of alkyl halides is 1. The Hall–Kier alpha value is 2.43. The van der Waals surface area contributed by atoms with Crippen molar-refractivity contribution in [3.05, 3.63) is 72.8 Å². The molecule has 2 aromatic carbocycles. The first-order valence-electron chi connectivity index (χ1n) is 10.7. The number of phenolic OH excluding ortho intramolecular Hbond substituents is 1. The SMILES string of the molecule is C=CCBr.C=CCOc1cc(CCO)ccc1OC.COc1ccc(CCO)cc1O.[H-].[K+].[K][K]. The van der Waals surface area contributed by atoms with E-state index in [1.54, 1.807) is 31.4 Å². The number of rotatable bonds is 10. The van der Waals surface area contributed by atoms with Crippen LogP contribution in [0.25, 0.3) is 0 Å². The van der Waals surface area contributed by atoms with Crippen molar-refractivity contribution in [1.29, 1.82) is 0 Å². The molecule has 0 radical (unpaired) electrons. The number of aliphatic hydroxyl groups is 2. The van der Waals surface area contributed by atoms with E-state index in [0.717, 1.165) is 16.5 Å². The van der Waals surface area contributed by atoms with Crippen molar-refractivity contribution in [2.24, 2.45) is 0 Å². The first-order chi connectivity index (χ1) is 16.0. The summed E-state index contributed by atoms with van der Waals surface area (Å²) in [7, 11) is 3.10. The Morgan fingerprint density at radius 2 is 1.35 bits per heavy atom. The van der Waals surface area contributed by atoms with Gasteiger partial charge in [-0.05, 0) is 48.2 Å². The molecule has 0 saturated heterocycles. The van der Waals surface area contributed by atoms with E-state index >= 15 is 0 Å². The topological polar surface area (TPSA) is 88.4 Å². The zero-order valence-corrected chi connectivity index (χ0v) is 32.2. The number of hydrogen-bond acceptors (Lipinski definition) is 6. The molecular weight excluding hydrogens is 581 g/mol. The second-order valence-electron chi connectivity index (χ2n) is 5.98. The van der Waals surface area contributed by atoms with Gasteiger partial charge in [-0.15, -0.1) is 6.58 Å². The van der Waals surface area contributed by atoms with E-state index in [1.165, 1.54) is 70.3 Å². The van der Waals surface area contributed by atoms with Gasteiger partial charge in [0.05, 0.1) is 14.2 Å². The fourth-order valence-electron chi connectivity index (χ4n) is 2.29. The molecule has 0 amide bonds. The molecule has 0 aliphatic carbocycles. The Labute approximate surface area is 302 Å². The fourth-order valence-corrected chi connectivity index (χ4v) is 2.29. The second kappa shape index (κ2) is 30.0. The van der Waals surface area contributed by atoms with Crippen molar-refractivity contribution in [2.45, 2.75) is 12.8 Å². The molecule has 2 rings (SSSR count). The summed E-state index contributed by atoms with van der Waals surface area (Å²) < 4.78 is 15.5. The van der Waals surface area contributed by atoms with Crippen LogP contribution in [0.15, 0.2) is 61.7 Å². The van der Waals surface area contributed by atoms with Crippen molar-refractivity contribution >= 4 is 79.1 Å². The van der Waals surface area contributed by atoms with Gasteiger partial charge in [0.25, 0.3) is 0 Å². The van der Waals surface area contributed by atoms with Crippen LogP contribution >= 0.6 is 15.9 Å². The summed E-state index contributed by atoms with van der Waals surface area (Å²) in [4.78, 5) is 0. The number of phenols is 1.